The lowest BCUT2D eigenvalue weighted by Crippen LogP contribution is -2.69. The molecule has 134 valence electrons. The number of fused-ring (bicyclic) bond motifs is 2. The Morgan fingerprint density at radius 2 is 2.21 bits per heavy atom. The second kappa shape index (κ2) is 7.64. The largest absolute Gasteiger partial charge is 0.472 e. The molecule has 3 fully saturated rings. The van der Waals surface area contributed by atoms with Crippen LogP contribution in [0.15, 0.2) is 28.0 Å². The van der Waals surface area contributed by atoms with E-state index < -0.39 is 0 Å². The van der Waals surface area contributed by atoms with Crippen molar-refractivity contribution in [1.82, 2.24) is 10.6 Å². The maximum atomic E-state index is 6.07. The molecule has 0 aromatic carbocycles. The summed E-state index contributed by atoms with van der Waals surface area (Å²) in [6.07, 6.45) is 10.4. The van der Waals surface area contributed by atoms with Gasteiger partial charge in [-0.05, 0) is 32.3 Å². The second-order valence-corrected chi connectivity index (χ2v) is 7.13. The molecule has 3 unspecified atom stereocenters. The summed E-state index contributed by atoms with van der Waals surface area (Å²) in [6, 6.07) is 2.48. The third kappa shape index (κ3) is 3.07. The molecule has 0 radical (unpaired) electrons. The zero-order chi connectivity index (χ0) is 15.7. The summed E-state index contributed by atoms with van der Waals surface area (Å²) in [5.41, 5.74) is 1.46. The van der Waals surface area contributed by atoms with Crippen LogP contribution in [0.4, 0.5) is 0 Å². The summed E-state index contributed by atoms with van der Waals surface area (Å²) < 4.78 is 11.2. The summed E-state index contributed by atoms with van der Waals surface area (Å²) >= 11 is 0. The van der Waals surface area contributed by atoms with E-state index in [0.717, 1.165) is 24.7 Å². The van der Waals surface area contributed by atoms with Gasteiger partial charge in [0.05, 0.1) is 25.2 Å². The van der Waals surface area contributed by atoms with Crippen molar-refractivity contribution in [3.8, 4) is 0 Å². The molecule has 6 heteroatoms. The quantitative estimate of drug-likeness (QED) is 0.424. The van der Waals surface area contributed by atoms with Crippen molar-refractivity contribution in [2.75, 3.05) is 13.2 Å². The summed E-state index contributed by atoms with van der Waals surface area (Å²) in [5, 5.41) is 7.15. The SMILES string of the molecule is CCNC(=NCc1ccoc1)NC1C2CCOC2C12CCCC2.I. The minimum atomic E-state index is 0. The number of nitrogens with zero attached hydrogens (tertiary/aromatic N) is 1. The zero-order valence-electron chi connectivity index (χ0n) is 14.3. The fourth-order valence-corrected chi connectivity index (χ4v) is 4.92. The number of ether oxygens (including phenoxy) is 1. The van der Waals surface area contributed by atoms with Crippen LogP contribution in [0.5, 0.6) is 0 Å². The van der Waals surface area contributed by atoms with Crippen LogP contribution in [0.3, 0.4) is 0 Å². The van der Waals surface area contributed by atoms with Crippen molar-refractivity contribution in [2.24, 2.45) is 16.3 Å². The maximum absolute atomic E-state index is 6.07. The van der Waals surface area contributed by atoms with Crippen molar-refractivity contribution in [3.05, 3.63) is 24.2 Å². The van der Waals surface area contributed by atoms with E-state index in [1.54, 1.807) is 12.5 Å². The molecule has 1 spiro atoms. The van der Waals surface area contributed by atoms with Gasteiger partial charge in [-0.3, -0.25) is 0 Å². The number of halogens is 1. The Kier molecular flexibility index (Phi) is 5.74. The monoisotopic (exact) mass is 445 g/mol. The van der Waals surface area contributed by atoms with Gasteiger partial charge >= 0.3 is 0 Å². The highest BCUT2D eigenvalue weighted by molar-refractivity contribution is 14.0. The lowest BCUT2D eigenvalue weighted by atomic mass is 9.54. The molecule has 2 aliphatic carbocycles. The first-order chi connectivity index (χ1) is 11.3. The van der Waals surface area contributed by atoms with Gasteiger partial charge in [-0.15, -0.1) is 24.0 Å². The lowest BCUT2D eigenvalue weighted by Gasteiger charge is -2.57. The summed E-state index contributed by atoms with van der Waals surface area (Å²) in [7, 11) is 0. The predicted octanol–water partition coefficient (Wildman–Crippen LogP) is 3.30. The number of nitrogens with one attached hydrogen (secondary N) is 2. The van der Waals surface area contributed by atoms with Gasteiger partial charge in [0.2, 0.25) is 0 Å². The number of guanidine groups is 1. The molecule has 2 heterocycles. The topological polar surface area (TPSA) is 58.8 Å². The smallest absolute Gasteiger partial charge is 0.191 e. The Bertz CT molecular complexity index is 555. The van der Waals surface area contributed by atoms with Gasteiger partial charge in [-0.1, -0.05) is 12.8 Å². The first-order valence-corrected chi connectivity index (χ1v) is 9.01. The average molecular weight is 445 g/mol. The Morgan fingerprint density at radius 3 is 2.92 bits per heavy atom. The van der Waals surface area contributed by atoms with Crippen LogP contribution in [0.25, 0.3) is 0 Å². The molecule has 2 N–H and O–H groups in total. The van der Waals surface area contributed by atoms with Gasteiger partial charge in [0.15, 0.2) is 5.96 Å². The third-order valence-corrected chi connectivity index (χ3v) is 5.92. The molecule has 3 atom stereocenters. The Labute approximate surface area is 161 Å². The van der Waals surface area contributed by atoms with Crippen LogP contribution in [0, 0.1) is 11.3 Å². The molecule has 3 aliphatic rings. The number of rotatable bonds is 4. The summed E-state index contributed by atoms with van der Waals surface area (Å²) in [4.78, 5) is 4.74. The first-order valence-electron chi connectivity index (χ1n) is 9.01. The van der Waals surface area contributed by atoms with Gasteiger partial charge in [0, 0.05) is 36.1 Å². The normalized spacial score (nSPS) is 30.5. The van der Waals surface area contributed by atoms with Gasteiger partial charge in [-0.25, -0.2) is 4.99 Å². The van der Waals surface area contributed by atoms with Crippen molar-refractivity contribution < 1.29 is 9.15 Å². The highest BCUT2D eigenvalue weighted by atomic mass is 127. The van der Waals surface area contributed by atoms with Crippen molar-refractivity contribution in [1.29, 1.82) is 0 Å². The van der Waals surface area contributed by atoms with E-state index in [4.69, 9.17) is 14.1 Å². The third-order valence-electron chi connectivity index (χ3n) is 5.92. The molecule has 2 saturated carbocycles. The number of furan rings is 1. The number of aliphatic imine (C=N–C) groups is 1. The maximum Gasteiger partial charge on any atom is 0.191 e. The second-order valence-electron chi connectivity index (χ2n) is 7.13. The zero-order valence-corrected chi connectivity index (χ0v) is 16.6. The van der Waals surface area contributed by atoms with Crippen LogP contribution in [-0.4, -0.2) is 31.3 Å². The molecule has 1 saturated heterocycles. The number of hydrogen-bond donors (Lipinski definition) is 2. The lowest BCUT2D eigenvalue weighted by molar-refractivity contribution is -0.125. The van der Waals surface area contributed by atoms with Gasteiger partial charge in [-0.2, -0.15) is 0 Å². The van der Waals surface area contributed by atoms with Crippen LogP contribution >= 0.6 is 24.0 Å². The summed E-state index contributed by atoms with van der Waals surface area (Å²) in [5.74, 6) is 1.58. The standard InChI is InChI=1S/C18H27N3O2.HI/c1-2-19-17(20-11-13-5-9-22-12-13)21-15-14-6-10-23-16(14)18(15)7-3-4-8-18;/h5,9,12,14-16H,2-4,6-8,10-11H2,1H3,(H2,19,20,21);1H. The fraction of sp³-hybridized carbons (Fsp3) is 0.722. The molecule has 4 rings (SSSR count). The molecule has 0 amide bonds. The molecular weight excluding hydrogens is 417 g/mol. The fourth-order valence-electron chi connectivity index (χ4n) is 4.92. The van der Waals surface area contributed by atoms with Crippen molar-refractivity contribution in [2.45, 2.75) is 57.7 Å². The summed E-state index contributed by atoms with van der Waals surface area (Å²) in [6.45, 7) is 4.57. The van der Waals surface area contributed by atoms with Gasteiger partial charge < -0.3 is 19.8 Å². The Balaban J connectivity index is 0.00000169. The molecule has 1 aromatic rings. The van der Waals surface area contributed by atoms with Crippen molar-refractivity contribution in [3.63, 3.8) is 0 Å². The van der Waals surface area contributed by atoms with Crippen LogP contribution < -0.4 is 10.6 Å². The van der Waals surface area contributed by atoms with E-state index in [1.165, 1.54) is 32.1 Å². The molecular formula is C18H28IN3O2. The van der Waals surface area contributed by atoms with E-state index in [2.05, 4.69) is 17.6 Å². The van der Waals surface area contributed by atoms with E-state index in [9.17, 15) is 0 Å². The minimum absolute atomic E-state index is 0. The molecule has 5 nitrogen and oxygen atoms in total. The van der Waals surface area contributed by atoms with Crippen LogP contribution in [0.1, 0.15) is 44.6 Å². The van der Waals surface area contributed by atoms with Gasteiger partial charge in [0.25, 0.3) is 0 Å². The molecule has 1 aliphatic heterocycles. The molecule has 0 bridgehead atoms. The van der Waals surface area contributed by atoms with Crippen LogP contribution in [0.2, 0.25) is 0 Å². The highest BCUT2D eigenvalue weighted by Crippen LogP contribution is 2.60. The highest BCUT2D eigenvalue weighted by Gasteiger charge is 2.65. The average Bonchev–Trinajstić information content (AvgIpc) is 3.30. The minimum Gasteiger partial charge on any atom is -0.472 e. The van der Waals surface area contributed by atoms with E-state index >= 15 is 0 Å². The van der Waals surface area contributed by atoms with E-state index in [0.29, 0.717) is 30.0 Å². The first kappa shape index (κ1) is 18.0. The van der Waals surface area contributed by atoms with Gasteiger partial charge in [0.1, 0.15) is 0 Å². The van der Waals surface area contributed by atoms with E-state index in [-0.39, 0.29) is 24.0 Å². The van der Waals surface area contributed by atoms with Crippen LogP contribution in [-0.2, 0) is 11.3 Å². The van der Waals surface area contributed by atoms with Crippen molar-refractivity contribution >= 4 is 29.9 Å². The molecule has 1 aromatic heterocycles. The predicted molar refractivity (Wildman–Crippen MR) is 105 cm³/mol. The Hall–Kier alpha value is -0.760. The molecule has 24 heavy (non-hydrogen) atoms. The Morgan fingerprint density at radius 1 is 1.38 bits per heavy atom. The van der Waals surface area contributed by atoms with E-state index in [1.807, 2.05) is 6.07 Å². The number of hydrogen-bond acceptors (Lipinski definition) is 3.